The SMILES string of the molecule is C=CCNC(=O)c1ccc(C(=O)NCCCCC)cc1. The highest BCUT2D eigenvalue weighted by atomic mass is 16.2. The maximum absolute atomic E-state index is 11.8. The lowest BCUT2D eigenvalue weighted by Gasteiger charge is -2.06. The molecular formula is C16H22N2O2. The lowest BCUT2D eigenvalue weighted by Crippen LogP contribution is -2.25. The number of carbonyl (C=O) groups is 2. The third-order valence-corrected chi connectivity index (χ3v) is 2.88. The van der Waals surface area contributed by atoms with Crippen LogP contribution in [0.3, 0.4) is 0 Å². The first-order valence-electron chi connectivity index (χ1n) is 6.96. The number of hydrogen-bond donors (Lipinski definition) is 2. The maximum atomic E-state index is 11.8. The first-order chi connectivity index (χ1) is 9.69. The second-order valence-electron chi connectivity index (χ2n) is 4.54. The molecule has 20 heavy (non-hydrogen) atoms. The van der Waals surface area contributed by atoms with Crippen LogP contribution in [0, 0.1) is 0 Å². The lowest BCUT2D eigenvalue weighted by atomic mass is 10.1. The molecule has 0 spiro atoms. The van der Waals surface area contributed by atoms with Crippen LogP contribution < -0.4 is 10.6 Å². The van der Waals surface area contributed by atoms with E-state index in [0.717, 1.165) is 19.3 Å². The van der Waals surface area contributed by atoms with Crippen LogP contribution in [0.1, 0.15) is 46.9 Å². The highest BCUT2D eigenvalue weighted by molar-refractivity contribution is 5.97. The van der Waals surface area contributed by atoms with Crippen molar-refractivity contribution in [2.24, 2.45) is 0 Å². The number of unbranched alkanes of at least 4 members (excludes halogenated alkanes) is 2. The Labute approximate surface area is 120 Å². The van der Waals surface area contributed by atoms with Gasteiger partial charge in [-0.15, -0.1) is 6.58 Å². The van der Waals surface area contributed by atoms with Crippen molar-refractivity contribution in [2.45, 2.75) is 26.2 Å². The molecule has 0 aliphatic heterocycles. The summed E-state index contributed by atoms with van der Waals surface area (Å²) in [6.07, 6.45) is 4.85. The van der Waals surface area contributed by atoms with Gasteiger partial charge < -0.3 is 10.6 Å². The molecule has 1 rings (SSSR count). The van der Waals surface area contributed by atoms with Crippen LogP contribution in [-0.4, -0.2) is 24.9 Å². The molecule has 0 unspecified atom stereocenters. The minimum atomic E-state index is -0.167. The molecule has 0 aromatic heterocycles. The summed E-state index contributed by atoms with van der Waals surface area (Å²) in [5.74, 6) is -0.265. The van der Waals surface area contributed by atoms with Crippen LogP contribution >= 0.6 is 0 Å². The number of amides is 2. The van der Waals surface area contributed by atoms with Crippen LogP contribution in [0.2, 0.25) is 0 Å². The van der Waals surface area contributed by atoms with Gasteiger partial charge in [0.1, 0.15) is 0 Å². The Morgan fingerprint density at radius 2 is 1.60 bits per heavy atom. The normalized spacial score (nSPS) is 9.85. The number of rotatable bonds is 8. The molecule has 0 atom stereocenters. The molecule has 0 bridgehead atoms. The van der Waals surface area contributed by atoms with Gasteiger partial charge in [0.25, 0.3) is 11.8 Å². The number of nitrogens with one attached hydrogen (secondary N) is 2. The Hall–Kier alpha value is -2.10. The van der Waals surface area contributed by atoms with E-state index in [2.05, 4.69) is 24.1 Å². The van der Waals surface area contributed by atoms with Gasteiger partial charge in [-0.05, 0) is 30.7 Å². The van der Waals surface area contributed by atoms with E-state index < -0.39 is 0 Å². The third kappa shape index (κ3) is 5.26. The van der Waals surface area contributed by atoms with E-state index in [1.807, 2.05) is 0 Å². The fraction of sp³-hybridized carbons (Fsp3) is 0.375. The van der Waals surface area contributed by atoms with Gasteiger partial charge in [0, 0.05) is 24.2 Å². The number of hydrogen-bond acceptors (Lipinski definition) is 2. The van der Waals surface area contributed by atoms with Gasteiger partial charge in [0.15, 0.2) is 0 Å². The number of carbonyl (C=O) groups excluding carboxylic acids is 2. The molecule has 0 saturated carbocycles. The zero-order valence-electron chi connectivity index (χ0n) is 11.9. The Balaban J connectivity index is 2.50. The van der Waals surface area contributed by atoms with E-state index in [1.165, 1.54) is 0 Å². The van der Waals surface area contributed by atoms with E-state index in [1.54, 1.807) is 30.3 Å². The molecule has 1 aromatic carbocycles. The summed E-state index contributed by atoms with van der Waals surface area (Å²) in [5, 5.41) is 5.55. The van der Waals surface area contributed by atoms with Crippen LogP contribution in [-0.2, 0) is 0 Å². The van der Waals surface area contributed by atoms with Crippen molar-refractivity contribution in [3.63, 3.8) is 0 Å². The van der Waals surface area contributed by atoms with E-state index >= 15 is 0 Å². The monoisotopic (exact) mass is 274 g/mol. The average Bonchev–Trinajstić information content (AvgIpc) is 2.49. The van der Waals surface area contributed by atoms with Gasteiger partial charge in [-0.2, -0.15) is 0 Å². The average molecular weight is 274 g/mol. The van der Waals surface area contributed by atoms with Crippen molar-refractivity contribution in [3.8, 4) is 0 Å². The molecule has 0 fully saturated rings. The topological polar surface area (TPSA) is 58.2 Å². The summed E-state index contributed by atoms with van der Waals surface area (Å²) < 4.78 is 0. The molecule has 4 nitrogen and oxygen atoms in total. The van der Waals surface area contributed by atoms with E-state index in [0.29, 0.717) is 24.2 Å². The maximum Gasteiger partial charge on any atom is 0.251 e. The standard InChI is InChI=1S/C16H22N2O2/c1-3-5-6-12-18-16(20)14-9-7-13(8-10-14)15(19)17-11-4-2/h4,7-10H,2-3,5-6,11-12H2,1H3,(H,17,19)(H,18,20). The molecule has 108 valence electrons. The molecular weight excluding hydrogens is 252 g/mol. The van der Waals surface area contributed by atoms with E-state index in [4.69, 9.17) is 0 Å². The Morgan fingerprint density at radius 1 is 1.05 bits per heavy atom. The molecule has 0 aliphatic rings. The van der Waals surface area contributed by atoms with Gasteiger partial charge in [-0.1, -0.05) is 25.8 Å². The lowest BCUT2D eigenvalue weighted by molar-refractivity contribution is 0.0943. The summed E-state index contributed by atoms with van der Waals surface area (Å²) in [7, 11) is 0. The van der Waals surface area contributed by atoms with Gasteiger partial charge in [0.2, 0.25) is 0 Å². The van der Waals surface area contributed by atoms with Crippen LogP contribution in [0.25, 0.3) is 0 Å². The highest BCUT2D eigenvalue weighted by Crippen LogP contribution is 2.04. The fourth-order valence-corrected chi connectivity index (χ4v) is 1.72. The Bertz CT molecular complexity index is 452. The van der Waals surface area contributed by atoms with E-state index in [9.17, 15) is 9.59 Å². The first-order valence-corrected chi connectivity index (χ1v) is 6.96. The molecule has 2 N–H and O–H groups in total. The highest BCUT2D eigenvalue weighted by Gasteiger charge is 2.07. The first kappa shape index (κ1) is 16.0. The molecule has 0 aliphatic carbocycles. The van der Waals surface area contributed by atoms with Gasteiger partial charge >= 0.3 is 0 Å². The van der Waals surface area contributed by atoms with Crippen molar-refractivity contribution in [3.05, 3.63) is 48.0 Å². The third-order valence-electron chi connectivity index (χ3n) is 2.88. The van der Waals surface area contributed by atoms with Crippen molar-refractivity contribution in [2.75, 3.05) is 13.1 Å². The zero-order chi connectivity index (χ0) is 14.8. The van der Waals surface area contributed by atoms with Gasteiger partial charge in [-0.25, -0.2) is 0 Å². The van der Waals surface area contributed by atoms with Crippen LogP contribution in [0.4, 0.5) is 0 Å². The molecule has 0 heterocycles. The quantitative estimate of drug-likeness (QED) is 0.565. The Morgan fingerprint density at radius 3 is 2.10 bits per heavy atom. The Kier molecular flexibility index (Phi) is 7.11. The summed E-state index contributed by atoms with van der Waals surface area (Å²) in [6, 6.07) is 6.63. The molecule has 0 saturated heterocycles. The van der Waals surface area contributed by atoms with Gasteiger partial charge in [0.05, 0.1) is 0 Å². The van der Waals surface area contributed by atoms with Crippen molar-refractivity contribution >= 4 is 11.8 Å². The second kappa shape index (κ2) is 8.91. The largest absolute Gasteiger partial charge is 0.352 e. The van der Waals surface area contributed by atoms with Crippen molar-refractivity contribution in [1.29, 1.82) is 0 Å². The van der Waals surface area contributed by atoms with E-state index in [-0.39, 0.29) is 11.8 Å². The smallest absolute Gasteiger partial charge is 0.251 e. The minimum Gasteiger partial charge on any atom is -0.352 e. The fourth-order valence-electron chi connectivity index (χ4n) is 1.72. The molecule has 1 aromatic rings. The van der Waals surface area contributed by atoms with Gasteiger partial charge in [-0.3, -0.25) is 9.59 Å². The predicted octanol–water partition coefficient (Wildman–Crippen LogP) is 2.52. The summed E-state index contributed by atoms with van der Waals surface area (Å²) in [5.41, 5.74) is 1.11. The minimum absolute atomic E-state index is 0.0980. The summed E-state index contributed by atoms with van der Waals surface area (Å²) in [4.78, 5) is 23.5. The summed E-state index contributed by atoms with van der Waals surface area (Å²) in [6.45, 7) is 6.78. The summed E-state index contributed by atoms with van der Waals surface area (Å²) >= 11 is 0. The van der Waals surface area contributed by atoms with Crippen LogP contribution in [0.5, 0.6) is 0 Å². The molecule has 4 heteroatoms. The zero-order valence-corrected chi connectivity index (χ0v) is 11.9. The second-order valence-corrected chi connectivity index (χ2v) is 4.54. The van der Waals surface area contributed by atoms with Crippen molar-refractivity contribution < 1.29 is 9.59 Å². The predicted molar refractivity (Wildman–Crippen MR) is 80.8 cm³/mol. The molecule has 2 amide bonds. The number of benzene rings is 1. The van der Waals surface area contributed by atoms with Crippen LogP contribution in [0.15, 0.2) is 36.9 Å². The van der Waals surface area contributed by atoms with Crippen molar-refractivity contribution in [1.82, 2.24) is 10.6 Å². The molecule has 0 radical (unpaired) electrons.